The molecule has 0 atom stereocenters. The van der Waals surface area contributed by atoms with Crippen molar-refractivity contribution >= 4 is 11.8 Å². The van der Waals surface area contributed by atoms with Crippen LogP contribution in [-0.4, -0.2) is 62.2 Å². The van der Waals surface area contributed by atoms with E-state index >= 15 is 0 Å². The van der Waals surface area contributed by atoms with Crippen LogP contribution >= 0.6 is 0 Å². The van der Waals surface area contributed by atoms with Crippen LogP contribution in [0.15, 0.2) is 47.6 Å². The molecule has 2 heterocycles. The maximum atomic E-state index is 13.3. The number of likely N-dealkylation sites (N-methyl/N-ethyl adjacent to an activating group) is 1. The third-order valence-electron chi connectivity index (χ3n) is 5.23. The summed E-state index contributed by atoms with van der Waals surface area (Å²) in [6.07, 6.45) is 2.61. The van der Waals surface area contributed by atoms with E-state index in [0.29, 0.717) is 13.1 Å². The summed E-state index contributed by atoms with van der Waals surface area (Å²) < 4.78 is 13.3. The SMILES string of the molecule is CCN1CCN(c2cc(CNC(=NC)NCCc3cccc(F)c3)ccn2)CC1. The third kappa shape index (κ3) is 6.42. The van der Waals surface area contributed by atoms with E-state index in [4.69, 9.17) is 0 Å². The first kappa shape index (κ1) is 21.0. The molecule has 0 aliphatic carbocycles. The van der Waals surface area contributed by atoms with Crippen molar-refractivity contribution in [2.45, 2.75) is 19.9 Å². The minimum atomic E-state index is -0.199. The van der Waals surface area contributed by atoms with Gasteiger partial charge in [0.05, 0.1) is 0 Å². The maximum absolute atomic E-state index is 13.3. The monoisotopic (exact) mass is 398 g/mol. The topological polar surface area (TPSA) is 55.8 Å². The molecule has 2 aromatic rings. The minimum Gasteiger partial charge on any atom is -0.356 e. The van der Waals surface area contributed by atoms with Gasteiger partial charge in [-0.25, -0.2) is 9.37 Å². The van der Waals surface area contributed by atoms with Gasteiger partial charge in [-0.3, -0.25) is 4.99 Å². The molecule has 0 radical (unpaired) electrons. The molecular weight excluding hydrogens is 367 g/mol. The van der Waals surface area contributed by atoms with E-state index in [1.54, 1.807) is 19.2 Å². The number of pyridine rings is 1. The third-order valence-corrected chi connectivity index (χ3v) is 5.23. The fraction of sp³-hybridized carbons (Fsp3) is 0.455. The highest BCUT2D eigenvalue weighted by Crippen LogP contribution is 2.15. The van der Waals surface area contributed by atoms with Gasteiger partial charge in [0.1, 0.15) is 11.6 Å². The summed E-state index contributed by atoms with van der Waals surface area (Å²) in [5, 5.41) is 6.62. The summed E-state index contributed by atoms with van der Waals surface area (Å²) in [5.74, 6) is 1.57. The lowest BCUT2D eigenvalue weighted by atomic mass is 10.1. The van der Waals surface area contributed by atoms with Crippen molar-refractivity contribution in [2.24, 2.45) is 4.99 Å². The molecule has 1 aromatic heterocycles. The molecule has 0 saturated carbocycles. The van der Waals surface area contributed by atoms with Gasteiger partial charge in [0.2, 0.25) is 0 Å². The molecule has 0 amide bonds. The van der Waals surface area contributed by atoms with Crippen LogP contribution < -0.4 is 15.5 Å². The van der Waals surface area contributed by atoms with Gasteiger partial charge in [0.25, 0.3) is 0 Å². The Morgan fingerprint density at radius 2 is 1.93 bits per heavy atom. The molecule has 1 fully saturated rings. The highest BCUT2D eigenvalue weighted by molar-refractivity contribution is 5.79. The van der Waals surface area contributed by atoms with E-state index in [2.05, 4.69) is 43.4 Å². The first-order valence-corrected chi connectivity index (χ1v) is 10.3. The van der Waals surface area contributed by atoms with Crippen molar-refractivity contribution in [1.82, 2.24) is 20.5 Å². The van der Waals surface area contributed by atoms with Gasteiger partial charge < -0.3 is 20.4 Å². The first-order valence-electron chi connectivity index (χ1n) is 10.3. The minimum absolute atomic E-state index is 0.199. The Labute approximate surface area is 172 Å². The van der Waals surface area contributed by atoms with Gasteiger partial charge in [-0.05, 0) is 48.4 Å². The van der Waals surface area contributed by atoms with E-state index in [1.807, 2.05) is 18.3 Å². The van der Waals surface area contributed by atoms with Crippen molar-refractivity contribution < 1.29 is 4.39 Å². The summed E-state index contributed by atoms with van der Waals surface area (Å²) in [6, 6.07) is 10.9. The zero-order valence-electron chi connectivity index (χ0n) is 17.4. The molecule has 1 aliphatic heterocycles. The number of nitrogens with zero attached hydrogens (tertiary/aromatic N) is 4. The van der Waals surface area contributed by atoms with Gasteiger partial charge >= 0.3 is 0 Å². The Hall–Kier alpha value is -2.67. The fourth-order valence-corrected chi connectivity index (χ4v) is 3.46. The van der Waals surface area contributed by atoms with Gasteiger partial charge in [0, 0.05) is 52.5 Å². The molecule has 6 nitrogen and oxygen atoms in total. The van der Waals surface area contributed by atoms with Gasteiger partial charge in [-0.2, -0.15) is 0 Å². The number of hydrogen-bond donors (Lipinski definition) is 2. The van der Waals surface area contributed by atoms with Crippen LogP contribution in [-0.2, 0) is 13.0 Å². The molecular formula is C22H31FN6. The Morgan fingerprint density at radius 1 is 1.10 bits per heavy atom. The van der Waals surface area contributed by atoms with Crippen LogP contribution in [0.25, 0.3) is 0 Å². The molecule has 29 heavy (non-hydrogen) atoms. The highest BCUT2D eigenvalue weighted by Gasteiger charge is 2.16. The second kappa shape index (κ2) is 10.8. The zero-order valence-corrected chi connectivity index (χ0v) is 17.4. The molecule has 1 aromatic carbocycles. The lowest BCUT2D eigenvalue weighted by Crippen LogP contribution is -2.46. The maximum Gasteiger partial charge on any atom is 0.191 e. The predicted molar refractivity (Wildman–Crippen MR) is 117 cm³/mol. The van der Waals surface area contributed by atoms with Crippen LogP contribution in [0, 0.1) is 5.82 Å². The van der Waals surface area contributed by atoms with Crippen LogP contribution in [0.3, 0.4) is 0 Å². The van der Waals surface area contributed by atoms with Crippen molar-refractivity contribution in [3.8, 4) is 0 Å². The van der Waals surface area contributed by atoms with E-state index in [-0.39, 0.29) is 5.82 Å². The van der Waals surface area contributed by atoms with Crippen molar-refractivity contribution in [3.05, 3.63) is 59.5 Å². The normalized spacial score (nSPS) is 15.4. The van der Waals surface area contributed by atoms with Crippen LogP contribution in [0.1, 0.15) is 18.1 Å². The average molecular weight is 399 g/mol. The van der Waals surface area contributed by atoms with E-state index in [9.17, 15) is 4.39 Å². The Bertz CT molecular complexity index is 801. The number of anilines is 1. The standard InChI is InChI=1S/C22H31FN6/c1-3-28-11-13-29(14-12-28)21-16-19(8-9-25-21)17-27-22(24-2)26-10-7-18-5-4-6-20(23)15-18/h4-6,8-9,15-16H,3,7,10-14,17H2,1-2H3,(H2,24,26,27). The van der Waals surface area contributed by atoms with Crippen LogP contribution in [0.2, 0.25) is 0 Å². The lowest BCUT2D eigenvalue weighted by Gasteiger charge is -2.34. The quantitative estimate of drug-likeness (QED) is 0.554. The first-order chi connectivity index (χ1) is 14.2. The predicted octanol–water partition coefficient (Wildman–Crippen LogP) is 2.27. The number of aliphatic imine (C=N–C) groups is 1. The van der Waals surface area contributed by atoms with E-state index < -0.39 is 0 Å². The van der Waals surface area contributed by atoms with Crippen LogP contribution in [0.4, 0.5) is 10.2 Å². The van der Waals surface area contributed by atoms with Gasteiger partial charge in [-0.15, -0.1) is 0 Å². The Morgan fingerprint density at radius 3 is 2.66 bits per heavy atom. The number of halogens is 1. The molecule has 7 heteroatoms. The van der Waals surface area contributed by atoms with E-state index in [1.165, 1.54) is 11.6 Å². The number of rotatable bonds is 7. The fourth-order valence-electron chi connectivity index (χ4n) is 3.46. The summed E-state index contributed by atoms with van der Waals surface area (Å²) in [4.78, 5) is 13.6. The van der Waals surface area contributed by atoms with Gasteiger partial charge in [0.15, 0.2) is 5.96 Å². The summed E-state index contributed by atoms with van der Waals surface area (Å²) in [7, 11) is 1.75. The number of guanidine groups is 1. The second-order valence-corrected chi connectivity index (χ2v) is 7.18. The number of hydrogen-bond acceptors (Lipinski definition) is 4. The Kier molecular flexibility index (Phi) is 7.81. The molecule has 156 valence electrons. The summed E-state index contributed by atoms with van der Waals surface area (Å²) in [6.45, 7) is 8.87. The molecule has 0 spiro atoms. The zero-order chi connectivity index (χ0) is 20.5. The highest BCUT2D eigenvalue weighted by atomic mass is 19.1. The van der Waals surface area contributed by atoms with Crippen LogP contribution in [0.5, 0.6) is 0 Å². The molecule has 1 aliphatic rings. The van der Waals surface area contributed by atoms with Crippen molar-refractivity contribution in [1.29, 1.82) is 0 Å². The molecule has 3 rings (SSSR count). The molecule has 1 saturated heterocycles. The number of aromatic nitrogens is 1. The average Bonchev–Trinajstić information content (AvgIpc) is 2.76. The number of piperazine rings is 1. The summed E-state index contributed by atoms with van der Waals surface area (Å²) in [5.41, 5.74) is 2.14. The van der Waals surface area contributed by atoms with Gasteiger partial charge in [-0.1, -0.05) is 19.1 Å². The number of nitrogens with one attached hydrogen (secondary N) is 2. The smallest absolute Gasteiger partial charge is 0.191 e. The molecule has 0 unspecified atom stereocenters. The molecule has 2 N–H and O–H groups in total. The largest absolute Gasteiger partial charge is 0.356 e. The number of benzene rings is 1. The summed E-state index contributed by atoms with van der Waals surface area (Å²) >= 11 is 0. The van der Waals surface area contributed by atoms with Crippen molar-refractivity contribution in [3.63, 3.8) is 0 Å². The second-order valence-electron chi connectivity index (χ2n) is 7.18. The van der Waals surface area contributed by atoms with E-state index in [0.717, 1.165) is 56.5 Å². The Balaban J connectivity index is 1.47. The van der Waals surface area contributed by atoms with Crippen molar-refractivity contribution in [2.75, 3.05) is 51.2 Å². The lowest BCUT2D eigenvalue weighted by molar-refractivity contribution is 0.270. The molecule has 0 bridgehead atoms.